The Hall–Kier alpha value is -1.06. The fraction of sp³-hybridized carbons (Fsp3) is 0.667. The van der Waals surface area contributed by atoms with Crippen molar-refractivity contribution in [1.29, 1.82) is 0 Å². The van der Waals surface area contributed by atoms with Crippen LogP contribution in [0.25, 0.3) is 0 Å². The number of ether oxygens (including phenoxy) is 1. The van der Waals surface area contributed by atoms with Crippen molar-refractivity contribution >= 4 is 5.69 Å². The van der Waals surface area contributed by atoms with E-state index in [0.717, 1.165) is 32.8 Å². The number of morpholine rings is 1. The fourth-order valence-corrected chi connectivity index (χ4v) is 2.88. The monoisotopic (exact) mass is 290 g/mol. The maximum Gasteiger partial charge on any atom is 0.0801 e. The SMILES string of the molecule is Cc1ccc(N2CCOC(C)(C)C2)c(CNCC(C)C)c1. The number of hydrogen-bond acceptors (Lipinski definition) is 3. The minimum absolute atomic E-state index is 0.0637. The van der Waals surface area contributed by atoms with Crippen molar-refractivity contribution in [1.82, 2.24) is 5.32 Å². The summed E-state index contributed by atoms with van der Waals surface area (Å²) < 4.78 is 5.84. The highest BCUT2D eigenvalue weighted by atomic mass is 16.5. The lowest BCUT2D eigenvalue weighted by Crippen LogP contribution is -2.48. The van der Waals surface area contributed by atoms with Crippen LogP contribution in [-0.2, 0) is 11.3 Å². The molecule has 1 aliphatic heterocycles. The molecule has 1 saturated heterocycles. The normalized spacial score (nSPS) is 18.3. The first kappa shape index (κ1) is 16.3. The molecule has 2 rings (SSSR count). The number of nitrogens with one attached hydrogen (secondary N) is 1. The Labute approximate surface area is 129 Å². The average Bonchev–Trinajstić information content (AvgIpc) is 2.37. The third kappa shape index (κ3) is 4.72. The summed E-state index contributed by atoms with van der Waals surface area (Å²) in [6.45, 7) is 15.7. The van der Waals surface area contributed by atoms with Gasteiger partial charge < -0.3 is 15.0 Å². The molecule has 1 fully saturated rings. The lowest BCUT2D eigenvalue weighted by molar-refractivity contribution is -0.0277. The predicted octanol–water partition coefficient (Wildman–Crippen LogP) is 3.36. The molecule has 0 amide bonds. The quantitative estimate of drug-likeness (QED) is 0.900. The highest BCUT2D eigenvalue weighted by Crippen LogP contribution is 2.27. The van der Waals surface area contributed by atoms with E-state index >= 15 is 0 Å². The Kier molecular flexibility index (Phi) is 5.28. The molecule has 1 N–H and O–H groups in total. The highest BCUT2D eigenvalue weighted by Gasteiger charge is 2.28. The first-order valence-electron chi connectivity index (χ1n) is 8.06. The van der Waals surface area contributed by atoms with Crippen LogP contribution in [0.2, 0.25) is 0 Å². The average molecular weight is 290 g/mol. The lowest BCUT2D eigenvalue weighted by Gasteiger charge is -2.40. The van der Waals surface area contributed by atoms with E-state index in [4.69, 9.17) is 4.74 Å². The molecule has 0 spiro atoms. The molecule has 1 aliphatic rings. The van der Waals surface area contributed by atoms with Crippen molar-refractivity contribution in [2.45, 2.75) is 46.8 Å². The Balaban J connectivity index is 2.14. The summed E-state index contributed by atoms with van der Waals surface area (Å²) in [4.78, 5) is 2.47. The van der Waals surface area contributed by atoms with Crippen LogP contribution in [0.4, 0.5) is 5.69 Å². The second-order valence-corrected chi connectivity index (χ2v) is 7.19. The van der Waals surface area contributed by atoms with E-state index in [1.165, 1.54) is 16.8 Å². The molecule has 0 unspecified atom stereocenters. The van der Waals surface area contributed by atoms with Crippen LogP contribution < -0.4 is 10.2 Å². The largest absolute Gasteiger partial charge is 0.372 e. The molecule has 0 aromatic heterocycles. The zero-order valence-electron chi connectivity index (χ0n) is 14.2. The molecule has 1 aromatic carbocycles. The van der Waals surface area contributed by atoms with E-state index in [9.17, 15) is 0 Å². The van der Waals surface area contributed by atoms with Crippen LogP contribution in [-0.4, -0.2) is 31.8 Å². The van der Waals surface area contributed by atoms with Gasteiger partial charge in [-0.2, -0.15) is 0 Å². The van der Waals surface area contributed by atoms with Gasteiger partial charge in [-0.15, -0.1) is 0 Å². The Morgan fingerprint density at radius 2 is 2.10 bits per heavy atom. The first-order valence-corrected chi connectivity index (χ1v) is 8.06. The van der Waals surface area contributed by atoms with Gasteiger partial charge in [-0.1, -0.05) is 31.5 Å². The topological polar surface area (TPSA) is 24.5 Å². The molecule has 3 heteroatoms. The molecule has 0 bridgehead atoms. The third-order valence-electron chi connectivity index (χ3n) is 3.87. The van der Waals surface area contributed by atoms with E-state index in [1.54, 1.807) is 0 Å². The van der Waals surface area contributed by atoms with E-state index < -0.39 is 0 Å². The number of aryl methyl sites for hydroxylation is 1. The van der Waals surface area contributed by atoms with Crippen molar-refractivity contribution in [2.75, 3.05) is 31.1 Å². The summed E-state index contributed by atoms with van der Waals surface area (Å²) in [5, 5.41) is 3.57. The van der Waals surface area contributed by atoms with Crippen molar-refractivity contribution in [3.63, 3.8) is 0 Å². The molecule has 0 atom stereocenters. The molecular formula is C18H30N2O. The van der Waals surface area contributed by atoms with Crippen LogP contribution in [0.5, 0.6) is 0 Å². The standard InChI is InChI=1S/C18H30N2O/c1-14(2)11-19-12-16-10-15(3)6-7-17(16)20-8-9-21-18(4,5)13-20/h6-7,10,14,19H,8-9,11-13H2,1-5H3. The van der Waals surface area contributed by atoms with Gasteiger partial charge in [-0.05, 0) is 44.9 Å². The van der Waals surface area contributed by atoms with Gasteiger partial charge in [-0.3, -0.25) is 0 Å². The molecule has 1 aromatic rings. The fourth-order valence-electron chi connectivity index (χ4n) is 2.88. The van der Waals surface area contributed by atoms with E-state index in [-0.39, 0.29) is 5.60 Å². The minimum Gasteiger partial charge on any atom is -0.372 e. The number of anilines is 1. The summed E-state index contributed by atoms with van der Waals surface area (Å²) in [5.74, 6) is 0.681. The number of nitrogens with zero attached hydrogens (tertiary/aromatic N) is 1. The second-order valence-electron chi connectivity index (χ2n) is 7.19. The smallest absolute Gasteiger partial charge is 0.0801 e. The minimum atomic E-state index is -0.0637. The van der Waals surface area contributed by atoms with Gasteiger partial charge in [-0.25, -0.2) is 0 Å². The summed E-state index contributed by atoms with van der Waals surface area (Å²) in [5.41, 5.74) is 4.01. The van der Waals surface area contributed by atoms with Crippen molar-refractivity contribution in [2.24, 2.45) is 5.92 Å². The second kappa shape index (κ2) is 6.80. The van der Waals surface area contributed by atoms with Crippen LogP contribution in [0.3, 0.4) is 0 Å². The van der Waals surface area contributed by atoms with Crippen LogP contribution in [0, 0.1) is 12.8 Å². The van der Waals surface area contributed by atoms with Gasteiger partial charge in [0, 0.05) is 25.3 Å². The Morgan fingerprint density at radius 3 is 2.76 bits per heavy atom. The van der Waals surface area contributed by atoms with Crippen molar-refractivity contribution in [3.05, 3.63) is 29.3 Å². The summed E-state index contributed by atoms with van der Waals surface area (Å²) in [6, 6.07) is 6.79. The van der Waals surface area contributed by atoms with Crippen molar-refractivity contribution in [3.8, 4) is 0 Å². The molecule has 1 heterocycles. The van der Waals surface area contributed by atoms with Crippen LogP contribution in [0.1, 0.15) is 38.8 Å². The van der Waals surface area contributed by atoms with Gasteiger partial charge in [0.2, 0.25) is 0 Å². The summed E-state index contributed by atoms with van der Waals surface area (Å²) in [7, 11) is 0. The molecule has 0 saturated carbocycles. The first-order chi connectivity index (χ1) is 9.87. The molecule has 21 heavy (non-hydrogen) atoms. The van der Waals surface area contributed by atoms with E-state index in [1.807, 2.05) is 0 Å². The van der Waals surface area contributed by atoms with E-state index in [0.29, 0.717) is 5.92 Å². The number of hydrogen-bond donors (Lipinski definition) is 1. The van der Waals surface area contributed by atoms with Gasteiger partial charge in [0.15, 0.2) is 0 Å². The number of rotatable bonds is 5. The maximum absolute atomic E-state index is 5.84. The number of benzene rings is 1. The van der Waals surface area contributed by atoms with Crippen molar-refractivity contribution < 1.29 is 4.74 Å². The van der Waals surface area contributed by atoms with Gasteiger partial charge in [0.05, 0.1) is 12.2 Å². The Bertz CT molecular complexity index is 468. The lowest BCUT2D eigenvalue weighted by atomic mass is 10.0. The van der Waals surface area contributed by atoms with E-state index in [2.05, 4.69) is 63.0 Å². The molecule has 3 nitrogen and oxygen atoms in total. The third-order valence-corrected chi connectivity index (χ3v) is 3.87. The zero-order chi connectivity index (χ0) is 15.5. The zero-order valence-corrected chi connectivity index (χ0v) is 14.2. The summed E-state index contributed by atoms with van der Waals surface area (Å²) in [6.07, 6.45) is 0. The Morgan fingerprint density at radius 1 is 1.33 bits per heavy atom. The highest BCUT2D eigenvalue weighted by molar-refractivity contribution is 5.55. The molecule has 118 valence electrons. The molecular weight excluding hydrogens is 260 g/mol. The predicted molar refractivity (Wildman–Crippen MR) is 90.0 cm³/mol. The maximum atomic E-state index is 5.84. The van der Waals surface area contributed by atoms with Gasteiger partial charge in [0.1, 0.15) is 0 Å². The molecule has 0 aliphatic carbocycles. The van der Waals surface area contributed by atoms with Gasteiger partial charge in [0.25, 0.3) is 0 Å². The summed E-state index contributed by atoms with van der Waals surface area (Å²) >= 11 is 0. The van der Waals surface area contributed by atoms with Crippen LogP contribution in [0.15, 0.2) is 18.2 Å². The molecule has 0 radical (unpaired) electrons. The van der Waals surface area contributed by atoms with Crippen LogP contribution >= 0.6 is 0 Å². The van der Waals surface area contributed by atoms with Gasteiger partial charge >= 0.3 is 0 Å².